The van der Waals surface area contributed by atoms with Crippen molar-refractivity contribution in [3.8, 4) is 0 Å². The zero-order valence-corrected chi connectivity index (χ0v) is 11.1. The van der Waals surface area contributed by atoms with Crippen molar-refractivity contribution in [2.45, 2.75) is 13.5 Å². The van der Waals surface area contributed by atoms with E-state index in [1.54, 1.807) is 12.3 Å². The molecule has 106 valence electrons. The Kier molecular flexibility index (Phi) is 2.98. The van der Waals surface area contributed by atoms with E-state index in [0.717, 1.165) is 5.56 Å². The summed E-state index contributed by atoms with van der Waals surface area (Å²) >= 11 is 0. The van der Waals surface area contributed by atoms with E-state index in [1.165, 1.54) is 21.3 Å². The first-order valence-electron chi connectivity index (χ1n) is 6.16. The van der Waals surface area contributed by atoms with Crippen LogP contribution in [-0.4, -0.2) is 35.5 Å². The largest absolute Gasteiger partial charge is 0.476 e. The molecule has 3 aromatic rings. The molecular formula is C13H11N5O3. The second-order valence-electron chi connectivity index (χ2n) is 4.58. The average molecular weight is 285 g/mol. The van der Waals surface area contributed by atoms with Crippen molar-refractivity contribution >= 4 is 11.6 Å². The van der Waals surface area contributed by atoms with Gasteiger partial charge in [-0.15, -0.1) is 5.10 Å². The van der Waals surface area contributed by atoms with E-state index in [9.17, 15) is 9.59 Å². The van der Waals surface area contributed by atoms with Crippen LogP contribution >= 0.6 is 0 Å². The number of aromatic carboxylic acids is 1. The normalized spacial score (nSPS) is 10.9. The summed E-state index contributed by atoms with van der Waals surface area (Å²) in [6.07, 6.45) is 2.95. The fourth-order valence-electron chi connectivity index (χ4n) is 2.03. The minimum Gasteiger partial charge on any atom is -0.476 e. The molecule has 0 bridgehead atoms. The summed E-state index contributed by atoms with van der Waals surface area (Å²) in [4.78, 5) is 27.2. The third-order valence-corrected chi connectivity index (χ3v) is 3.02. The van der Waals surface area contributed by atoms with E-state index in [4.69, 9.17) is 5.11 Å². The Morgan fingerprint density at radius 1 is 1.43 bits per heavy atom. The number of aromatic nitrogens is 5. The molecule has 3 aromatic heterocycles. The van der Waals surface area contributed by atoms with E-state index in [0.29, 0.717) is 11.3 Å². The molecule has 0 unspecified atom stereocenters. The minimum atomic E-state index is -1.15. The number of aryl methyl sites for hydroxylation is 1. The summed E-state index contributed by atoms with van der Waals surface area (Å²) in [7, 11) is 0. The maximum absolute atomic E-state index is 12.0. The predicted molar refractivity (Wildman–Crippen MR) is 72.3 cm³/mol. The average Bonchev–Trinajstić information content (AvgIpc) is 2.89. The van der Waals surface area contributed by atoms with Gasteiger partial charge < -0.3 is 5.11 Å². The van der Waals surface area contributed by atoms with Crippen molar-refractivity contribution in [1.82, 2.24) is 24.4 Å². The first kappa shape index (κ1) is 13.0. The Balaban J connectivity index is 2.02. The van der Waals surface area contributed by atoms with Crippen LogP contribution in [-0.2, 0) is 6.54 Å². The highest BCUT2D eigenvalue weighted by molar-refractivity contribution is 5.84. The molecule has 0 aliphatic rings. The number of fused-ring (bicyclic) bond motifs is 1. The second kappa shape index (κ2) is 4.82. The number of hydrogen-bond acceptors (Lipinski definition) is 5. The summed E-state index contributed by atoms with van der Waals surface area (Å²) in [6, 6.07) is 5.04. The molecule has 21 heavy (non-hydrogen) atoms. The summed E-state index contributed by atoms with van der Waals surface area (Å²) in [6.45, 7) is 2.05. The van der Waals surface area contributed by atoms with Gasteiger partial charge in [-0.1, -0.05) is 11.3 Å². The minimum absolute atomic E-state index is 0.149. The molecule has 0 fully saturated rings. The number of carboxylic acid groups (broad SMARTS) is 1. The van der Waals surface area contributed by atoms with Gasteiger partial charge >= 0.3 is 5.97 Å². The number of carbonyl (C=O) groups is 1. The Hall–Kier alpha value is -3.03. The number of nitrogens with zero attached hydrogens (tertiary/aromatic N) is 5. The predicted octanol–water partition coefficient (Wildman–Crippen LogP) is 0.341. The molecule has 0 aromatic carbocycles. The fraction of sp³-hybridized carbons (Fsp3) is 0.154. The fourth-order valence-corrected chi connectivity index (χ4v) is 2.03. The molecule has 0 saturated heterocycles. The Labute approximate surface area is 118 Å². The highest BCUT2D eigenvalue weighted by Crippen LogP contribution is 2.06. The number of rotatable bonds is 3. The van der Waals surface area contributed by atoms with E-state index in [1.807, 2.05) is 13.0 Å². The molecular weight excluding hydrogens is 274 g/mol. The lowest BCUT2D eigenvalue weighted by Gasteiger charge is -2.05. The highest BCUT2D eigenvalue weighted by atomic mass is 16.4. The van der Waals surface area contributed by atoms with E-state index >= 15 is 0 Å². The van der Waals surface area contributed by atoms with Gasteiger partial charge in [-0.2, -0.15) is 0 Å². The molecule has 0 radical (unpaired) electrons. The first-order chi connectivity index (χ1) is 10.0. The topological polar surface area (TPSA) is 102 Å². The summed E-state index contributed by atoms with van der Waals surface area (Å²) in [5.74, 6) is -1.15. The van der Waals surface area contributed by atoms with Crippen molar-refractivity contribution in [2.75, 3.05) is 0 Å². The van der Waals surface area contributed by atoms with Crippen LogP contribution in [0.15, 0.2) is 35.4 Å². The van der Waals surface area contributed by atoms with Crippen LogP contribution in [0.1, 0.15) is 21.7 Å². The lowest BCUT2D eigenvalue weighted by Crippen LogP contribution is -2.17. The Morgan fingerprint density at radius 3 is 2.95 bits per heavy atom. The van der Waals surface area contributed by atoms with E-state index < -0.39 is 5.97 Å². The van der Waals surface area contributed by atoms with Crippen molar-refractivity contribution in [3.63, 3.8) is 0 Å². The summed E-state index contributed by atoms with van der Waals surface area (Å²) in [5.41, 5.74) is 1.59. The molecule has 0 aliphatic carbocycles. The van der Waals surface area contributed by atoms with Gasteiger partial charge in [0.25, 0.3) is 5.56 Å². The van der Waals surface area contributed by atoms with Crippen molar-refractivity contribution in [2.24, 2.45) is 0 Å². The maximum atomic E-state index is 12.0. The van der Waals surface area contributed by atoms with Crippen LogP contribution in [0.5, 0.6) is 0 Å². The first-order valence-corrected chi connectivity index (χ1v) is 6.16. The third kappa shape index (κ3) is 2.38. The molecule has 0 aliphatic heterocycles. The van der Waals surface area contributed by atoms with Gasteiger partial charge in [0.2, 0.25) is 0 Å². The molecule has 8 nitrogen and oxygen atoms in total. The molecule has 3 rings (SSSR count). The zero-order chi connectivity index (χ0) is 15.0. The van der Waals surface area contributed by atoms with Crippen LogP contribution in [0.4, 0.5) is 0 Å². The quantitative estimate of drug-likeness (QED) is 0.744. The van der Waals surface area contributed by atoms with Gasteiger partial charge in [0.15, 0.2) is 5.69 Å². The zero-order valence-electron chi connectivity index (χ0n) is 11.1. The second-order valence-corrected chi connectivity index (χ2v) is 4.58. The van der Waals surface area contributed by atoms with Gasteiger partial charge in [-0.3, -0.25) is 9.20 Å². The van der Waals surface area contributed by atoms with Crippen LogP contribution in [0.3, 0.4) is 0 Å². The van der Waals surface area contributed by atoms with Crippen molar-refractivity contribution in [1.29, 1.82) is 0 Å². The van der Waals surface area contributed by atoms with Crippen molar-refractivity contribution < 1.29 is 9.90 Å². The molecule has 8 heteroatoms. The molecule has 0 saturated carbocycles. The summed E-state index contributed by atoms with van der Waals surface area (Å²) in [5, 5.41) is 16.0. The molecule has 0 amide bonds. The Bertz CT molecular complexity index is 896. The Morgan fingerprint density at radius 2 is 2.24 bits per heavy atom. The third-order valence-electron chi connectivity index (χ3n) is 3.02. The summed E-state index contributed by atoms with van der Waals surface area (Å²) < 4.78 is 2.79. The highest BCUT2D eigenvalue weighted by Gasteiger charge is 2.10. The van der Waals surface area contributed by atoms with Crippen LogP contribution in [0, 0.1) is 6.92 Å². The van der Waals surface area contributed by atoms with Gasteiger partial charge in [0.05, 0.1) is 18.4 Å². The van der Waals surface area contributed by atoms with Gasteiger partial charge in [-0.25, -0.2) is 14.5 Å². The van der Waals surface area contributed by atoms with Crippen LogP contribution < -0.4 is 5.56 Å². The number of carboxylic acids is 1. The molecule has 0 spiro atoms. The van der Waals surface area contributed by atoms with Crippen LogP contribution in [0.25, 0.3) is 5.65 Å². The van der Waals surface area contributed by atoms with Crippen LogP contribution in [0.2, 0.25) is 0 Å². The molecule has 1 N–H and O–H groups in total. The SMILES string of the molecule is Cc1cccn2c(=O)cc(Cn3cc(C(=O)O)nn3)nc12. The van der Waals surface area contributed by atoms with Gasteiger partial charge in [0.1, 0.15) is 5.65 Å². The smallest absolute Gasteiger partial charge is 0.358 e. The van der Waals surface area contributed by atoms with Crippen molar-refractivity contribution in [3.05, 3.63) is 57.9 Å². The van der Waals surface area contributed by atoms with E-state index in [-0.39, 0.29) is 17.8 Å². The van der Waals surface area contributed by atoms with Gasteiger partial charge in [-0.05, 0) is 18.6 Å². The van der Waals surface area contributed by atoms with E-state index in [2.05, 4.69) is 15.3 Å². The monoisotopic (exact) mass is 285 g/mol. The molecule has 3 heterocycles. The lowest BCUT2D eigenvalue weighted by molar-refractivity contribution is 0.0690. The lowest BCUT2D eigenvalue weighted by atomic mass is 10.3. The maximum Gasteiger partial charge on any atom is 0.358 e. The number of hydrogen-bond donors (Lipinski definition) is 1. The standard InChI is InChI=1S/C13H11N5O3/c1-8-3-2-4-18-11(19)5-9(14-12(8)18)6-17-7-10(13(20)21)15-16-17/h2-5,7H,6H2,1H3,(H,20,21). The number of pyridine rings is 1. The molecule has 0 atom stereocenters. The van der Waals surface area contributed by atoms with Gasteiger partial charge in [0, 0.05) is 12.3 Å².